The normalized spacial score (nSPS) is 12.9. The van der Waals surface area contributed by atoms with Crippen molar-refractivity contribution in [1.29, 1.82) is 0 Å². The molecule has 1 radical (unpaired) electrons. The van der Waals surface area contributed by atoms with Gasteiger partial charge >= 0.3 is 5.84 Å². The van der Waals surface area contributed by atoms with Crippen LogP contribution in [0.15, 0.2) is 54.6 Å². The molecule has 0 aliphatic carbocycles. The Hall–Kier alpha value is -2.09. The van der Waals surface area contributed by atoms with Crippen molar-refractivity contribution in [2.75, 3.05) is 5.32 Å². The Morgan fingerprint density at radius 3 is 2.44 bits per heavy atom. The van der Waals surface area contributed by atoms with Crippen LogP contribution in [0.5, 0.6) is 0 Å². The summed E-state index contributed by atoms with van der Waals surface area (Å²) < 4.78 is 0. The van der Waals surface area contributed by atoms with Gasteiger partial charge in [-0.15, -0.1) is 0 Å². The fourth-order valence-electron chi connectivity index (χ4n) is 1.88. The van der Waals surface area contributed by atoms with E-state index in [4.69, 9.17) is 0 Å². The summed E-state index contributed by atoms with van der Waals surface area (Å²) in [6, 6.07) is 18.5. The summed E-state index contributed by atoms with van der Waals surface area (Å²) in [5, 5.41) is 3.33. The topological polar surface area (TPSA) is 26.1 Å². The molecular weight excluding hydrogens is 196 g/mol. The maximum Gasteiger partial charge on any atom is 0.302 e. The molecular formula is C14H12N2+. The van der Waals surface area contributed by atoms with Crippen molar-refractivity contribution < 1.29 is 0 Å². The zero-order valence-electron chi connectivity index (χ0n) is 8.85. The number of hydrogen-bond acceptors (Lipinski definition) is 2. The Kier molecular flexibility index (Phi) is 2.18. The number of aliphatic imine (C=N–C) groups is 1. The minimum atomic E-state index is 0.857. The second kappa shape index (κ2) is 3.81. The van der Waals surface area contributed by atoms with Crippen molar-refractivity contribution in [2.24, 2.45) is 0 Å². The van der Waals surface area contributed by atoms with Crippen molar-refractivity contribution in [2.45, 2.75) is 6.42 Å². The summed E-state index contributed by atoms with van der Waals surface area (Å²) in [6.45, 7) is 0. The predicted octanol–water partition coefficient (Wildman–Crippen LogP) is 2.72. The van der Waals surface area contributed by atoms with Crippen molar-refractivity contribution in [3.8, 4) is 0 Å². The van der Waals surface area contributed by atoms with Gasteiger partial charge in [-0.2, -0.15) is 0 Å². The molecule has 0 bridgehead atoms. The lowest BCUT2D eigenvalue weighted by atomic mass is 10.1. The number of anilines is 1. The molecule has 0 unspecified atom stereocenters. The Bertz CT molecular complexity index is 529. The number of amidine groups is 1. The van der Waals surface area contributed by atoms with Crippen molar-refractivity contribution >= 4 is 17.2 Å². The van der Waals surface area contributed by atoms with E-state index in [0.29, 0.717) is 0 Å². The van der Waals surface area contributed by atoms with Crippen LogP contribution >= 0.6 is 0 Å². The molecule has 1 heterocycles. The molecule has 0 saturated heterocycles. The maximum atomic E-state index is 4.55. The summed E-state index contributed by atoms with van der Waals surface area (Å²) >= 11 is 0. The van der Waals surface area contributed by atoms with Gasteiger partial charge in [-0.1, -0.05) is 42.5 Å². The van der Waals surface area contributed by atoms with Crippen LogP contribution < -0.4 is 10.3 Å². The van der Waals surface area contributed by atoms with Gasteiger partial charge in [0, 0.05) is 0 Å². The summed E-state index contributed by atoms with van der Waals surface area (Å²) in [6.07, 6.45) is 0.857. The highest BCUT2D eigenvalue weighted by Crippen LogP contribution is 2.24. The van der Waals surface area contributed by atoms with Gasteiger partial charge in [0.2, 0.25) is 5.69 Å². The highest BCUT2D eigenvalue weighted by atomic mass is 15.1. The molecule has 2 heteroatoms. The third kappa shape index (κ3) is 1.70. The van der Waals surface area contributed by atoms with Gasteiger partial charge in [0.25, 0.3) is 0 Å². The maximum absolute atomic E-state index is 4.55. The van der Waals surface area contributed by atoms with E-state index in [2.05, 4.69) is 40.6 Å². The number of nitrogens with one attached hydrogen (secondary N) is 1. The zero-order chi connectivity index (χ0) is 10.8. The van der Waals surface area contributed by atoms with Gasteiger partial charge in [0.1, 0.15) is 0 Å². The molecule has 77 valence electrons. The molecule has 2 nitrogen and oxygen atoms in total. The van der Waals surface area contributed by atoms with Crippen LogP contribution in [0, 0.1) is 0 Å². The Morgan fingerprint density at radius 1 is 0.875 bits per heavy atom. The van der Waals surface area contributed by atoms with Crippen LogP contribution in [0.25, 0.3) is 0 Å². The van der Waals surface area contributed by atoms with Crippen molar-refractivity contribution in [3.63, 3.8) is 0 Å². The fourth-order valence-corrected chi connectivity index (χ4v) is 1.88. The fraction of sp³-hybridized carbons (Fsp3) is 0.0714. The van der Waals surface area contributed by atoms with Gasteiger partial charge in [0.15, 0.2) is 5.69 Å². The van der Waals surface area contributed by atoms with Crippen molar-refractivity contribution in [3.05, 3.63) is 60.2 Å². The summed E-state index contributed by atoms with van der Waals surface area (Å²) in [4.78, 5) is 4.55. The number of hydrogen-bond donors (Lipinski definition) is 1. The largest absolute Gasteiger partial charge is 0.302 e. The van der Waals surface area contributed by atoms with Gasteiger partial charge < -0.3 is 0 Å². The molecule has 0 saturated carbocycles. The van der Waals surface area contributed by atoms with Gasteiger partial charge in [-0.25, -0.2) is 5.32 Å². The van der Waals surface area contributed by atoms with E-state index in [0.717, 1.165) is 23.6 Å². The van der Waals surface area contributed by atoms with E-state index in [1.165, 1.54) is 5.56 Å². The quantitative estimate of drug-likeness (QED) is 0.806. The first-order valence-electron chi connectivity index (χ1n) is 5.39. The lowest BCUT2D eigenvalue weighted by Crippen LogP contribution is -2.13. The second-order valence-electron chi connectivity index (χ2n) is 3.86. The second-order valence-corrected chi connectivity index (χ2v) is 3.86. The lowest BCUT2D eigenvalue weighted by molar-refractivity contribution is 1.28. The summed E-state index contributed by atoms with van der Waals surface area (Å²) in [7, 11) is 0. The molecule has 0 spiro atoms. The highest BCUT2D eigenvalue weighted by molar-refractivity contribution is 6.04. The molecule has 1 aliphatic heterocycles. The first kappa shape index (κ1) is 9.16. The molecule has 2 aromatic rings. The SMILES string of the molecule is c1ccc(CC2=[N+]c3ccccc3N2)cc1. The number of rotatable bonds is 2. The average Bonchev–Trinajstić information content (AvgIpc) is 2.72. The Morgan fingerprint density at radius 2 is 1.62 bits per heavy atom. The third-order valence-corrected chi connectivity index (χ3v) is 2.65. The third-order valence-electron chi connectivity index (χ3n) is 2.65. The van der Waals surface area contributed by atoms with E-state index in [1.54, 1.807) is 0 Å². The standard InChI is InChI=1S/C14H12N2/c1-2-6-11(7-3-1)10-14-15-12-8-4-5-9-13(12)16-14/h1-9,15H,10H2/q+1. The van der Waals surface area contributed by atoms with Crippen molar-refractivity contribution in [1.82, 2.24) is 4.99 Å². The monoisotopic (exact) mass is 208 g/mol. The summed E-state index contributed by atoms with van der Waals surface area (Å²) in [5.41, 5.74) is 3.42. The molecule has 2 aromatic carbocycles. The first-order chi connectivity index (χ1) is 7.92. The van der Waals surface area contributed by atoms with E-state index in [1.807, 2.05) is 24.3 Å². The van der Waals surface area contributed by atoms with E-state index in [-0.39, 0.29) is 0 Å². The van der Waals surface area contributed by atoms with Crippen LogP contribution in [0.4, 0.5) is 11.4 Å². The molecule has 16 heavy (non-hydrogen) atoms. The van der Waals surface area contributed by atoms with Crippen LogP contribution in [0.2, 0.25) is 0 Å². The number of para-hydroxylation sites is 2. The number of benzene rings is 2. The van der Waals surface area contributed by atoms with Crippen LogP contribution in [0.3, 0.4) is 0 Å². The molecule has 1 N–H and O–H groups in total. The molecule has 1 aliphatic rings. The van der Waals surface area contributed by atoms with E-state index in [9.17, 15) is 0 Å². The molecule has 0 atom stereocenters. The lowest BCUT2D eigenvalue weighted by Gasteiger charge is -1.95. The van der Waals surface area contributed by atoms with Crippen LogP contribution in [-0.2, 0) is 6.42 Å². The number of nitrogens with zero attached hydrogens (tertiary/aromatic N) is 1. The van der Waals surface area contributed by atoms with Gasteiger partial charge in [-0.05, 0) is 22.7 Å². The first-order valence-corrected chi connectivity index (χ1v) is 5.39. The highest BCUT2D eigenvalue weighted by Gasteiger charge is 2.23. The molecule has 0 fully saturated rings. The number of fused-ring (bicyclic) bond motifs is 1. The molecule has 3 rings (SSSR count). The van der Waals surface area contributed by atoms with Gasteiger partial charge in [0.05, 0.1) is 6.42 Å². The average molecular weight is 208 g/mol. The van der Waals surface area contributed by atoms with Crippen LogP contribution in [0.1, 0.15) is 5.56 Å². The Labute approximate surface area is 94.7 Å². The zero-order valence-corrected chi connectivity index (χ0v) is 8.85. The van der Waals surface area contributed by atoms with Crippen LogP contribution in [-0.4, -0.2) is 5.84 Å². The van der Waals surface area contributed by atoms with E-state index >= 15 is 0 Å². The minimum absolute atomic E-state index is 0.857. The molecule has 0 aromatic heterocycles. The van der Waals surface area contributed by atoms with E-state index < -0.39 is 0 Å². The minimum Gasteiger partial charge on any atom is -0.237 e. The van der Waals surface area contributed by atoms with Gasteiger partial charge in [-0.3, -0.25) is 0 Å². The predicted molar refractivity (Wildman–Crippen MR) is 67.0 cm³/mol. The molecule has 0 amide bonds. The smallest absolute Gasteiger partial charge is 0.237 e. The Balaban J connectivity index is 1.81. The summed E-state index contributed by atoms with van der Waals surface area (Å²) in [5.74, 6) is 1.02.